The number of nitrogen functional groups attached to an aromatic ring is 1. The highest BCUT2D eigenvalue weighted by molar-refractivity contribution is 9.10. The first-order chi connectivity index (χ1) is 10.1. The molecule has 0 unspecified atom stereocenters. The van der Waals surface area contributed by atoms with Gasteiger partial charge in [-0.05, 0) is 36.2 Å². The summed E-state index contributed by atoms with van der Waals surface area (Å²) in [5.41, 5.74) is 9.55. The number of hydrogen-bond donors (Lipinski definition) is 1. The molecule has 3 aromatic rings. The Morgan fingerprint density at radius 2 is 2.00 bits per heavy atom. The fourth-order valence-corrected chi connectivity index (χ4v) is 2.54. The fourth-order valence-electron chi connectivity index (χ4n) is 2.12. The van der Waals surface area contributed by atoms with E-state index in [1.165, 1.54) is 0 Å². The van der Waals surface area contributed by atoms with Gasteiger partial charge in [0.1, 0.15) is 0 Å². The minimum atomic E-state index is 0.502. The molecule has 4 nitrogen and oxygen atoms in total. The van der Waals surface area contributed by atoms with E-state index in [9.17, 15) is 0 Å². The van der Waals surface area contributed by atoms with Crippen molar-refractivity contribution in [2.24, 2.45) is 0 Å². The van der Waals surface area contributed by atoms with Gasteiger partial charge in [-0.2, -0.15) is 4.98 Å². The summed E-state index contributed by atoms with van der Waals surface area (Å²) < 4.78 is 6.41. The summed E-state index contributed by atoms with van der Waals surface area (Å²) in [6.07, 6.45) is 0.617. The maximum Gasteiger partial charge on any atom is 0.258 e. The van der Waals surface area contributed by atoms with Crippen LogP contribution in [0.25, 0.3) is 11.5 Å². The molecule has 0 radical (unpaired) electrons. The Morgan fingerprint density at radius 3 is 2.81 bits per heavy atom. The molecule has 0 aliphatic rings. The summed E-state index contributed by atoms with van der Waals surface area (Å²) in [6, 6.07) is 13.7. The molecule has 0 fully saturated rings. The Balaban J connectivity index is 1.90. The van der Waals surface area contributed by atoms with Gasteiger partial charge in [-0.1, -0.05) is 45.4 Å². The van der Waals surface area contributed by atoms with E-state index in [4.69, 9.17) is 10.3 Å². The van der Waals surface area contributed by atoms with Crippen LogP contribution < -0.4 is 5.73 Å². The van der Waals surface area contributed by atoms with E-state index in [1.807, 2.05) is 49.4 Å². The third-order valence-corrected chi connectivity index (χ3v) is 4.04. The molecule has 0 saturated carbocycles. The molecular formula is C16H14BrN3O. The maximum atomic E-state index is 5.82. The van der Waals surface area contributed by atoms with E-state index in [-0.39, 0.29) is 0 Å². The lowest BCUT2D eigenvalue weighted by atomic mass is 10.1. The minimum Gasteiger partial charge on any atom is -0.399 e. The molecule has 0 atom stereocenters. The molecule has 0 aliphatic heterocycles. The highest BCUT2D eigenvalue weighted by Crippen LogP contribution is 2.25. The second-order valence-electron chi connectivity index (χ2n) is 4.86. The standard InChI is InChI=1S/C16H14BrN3O/c1-10-6-7-12(18)9-13(10)16-19-15(20-21-16)8-11-4-2-3-5-14(11)17/h2-7,9H,8,18H2,1H3. The number of anilines is 1. The van der Waals surface area contributed by atoms with Crippen LogP contribution in [0.5, 0.6) is 0 Å². The van der Waals surface area contributed by atoms with Gasteiger partial charge in [0.15, 0.2) is 5.82 Å². The molecule has 1 heterocycles. The van der Waals surface area contributed by atoms with Gasteiger partial charge >= 0.3 is 0 Å². The molecule has 1 aromatic heterocycles. The number of aromatic nitrogens is 2. The first-order valence-electron chi connectivity index (χ1n) is 6.56. The molecule has 21 heavy (non-hydrogen) atoms. The first-order valence-corrected chi connectivity index (χ1v) is 7.35. The Bertz CT molecular complexity index is 783. The van der Waals surface area contributed by atoms with Crippen molar-refractivity contribution < 1.29 is 4.52 Å². The van der Waals surface area contributed by atoms with Gasteiger partial charge in [0.25, 0.3) is 5.89 Å². The summed E-state index contributed by atoms with van der Waals surface area (Å²) in [6.45, 7) is 1.99. The largest absolute Gasteiger partial charge is 0.399 e. The second kappa shape index (κ2) is 5.69. The monoisotopic (exact) mass is 343 g/mol. The van der Waals surface area contributed by atoms with Crippen molar-refractivity contribution in [1.82, 2.24) is 10.1 Å². The average molecular weight is 344 g/mol. The number of nitrogens with two attached hydrogens (primary N) is 1. The van der Waals surface area contributed by atoms with E-state index < -0.39 is 0 Å². The molecule has 3 rings (SSSR count). The van der Waals surface area contributed by atoms with E-state index in [0.29, 0.717) is 23.8 Å². The van der Waals surface area contributed by atoms with Gasteiger partial charge in [0.2, 0.25) is 0 Å². The number of nitrogens with zero attached hydrogens (tertiary/aromatic N) is 2. The van der Waals surface area contributed by atoms with Crippen LogP contribution in [0.2, 0.25) is 0 Å². The van der Waals surface area contributed by atoms with E-state index in [1.54, 1.807) is 0 Å². The summed E-state index contributed by atoms with van der Waals surface area (Å²) in [5, 5.41) is 4.05. The van der Waals surface area contributed by atoms with Crippen LogP contribution in [0.3, 0.4) is 0 Å². The lowest BCUT2D eigenvalue weighted by Gasteiger charge is -2.01. The zero-order valence-electron chi connectivity index (χ0n) is 11.5. The highest BCUT2D eigenvalue weighted by Gasteiger charge is 2.12. The van der Waals surface area contributed by atoms with Gasteiger partial charge < -0.3 is 10.3 Å². The van der Waals surface area contributed by atoms with Crippen molar-refractivity contribution in [3.8, 4) is 11.5 Å². The Kier molecular flexibility index (Phi) is 3.75. The van der Waals surface area contributed by atoms with Crippen molar-refractivity contribution in [1.29, 1.82) is 0 Å². The van der Waals surface area contributed by atoms with Crippen LogP contribution in [0.4, 0.5) is 5.69 Å². The number of benzene rings is 2. The van der Waals surface area contributed by atoms with Crippen molar-refractivity contribution in [3.05, 3.63) is 63.9 Å². The first kappa shape index (κ1) is 13.8. The summed E-state index contributed by atoms with van der Waals surface area (Å²) in [4.78, 5) is 4.46. The lowest BCUT2D eigenvalue weighted by Crippen LogP contribution is -1.92. The topological polar surface area (TPSA) is 64.9 Å². The number of aryl methyl sites for hydroxylation is 1. The van der Waals surface area contributed by atoms with Crippen molar-refractivity contribution in [2.45, 2.75) is 13.3 Å². The highest BCUT2D eigenvalue weighted by atomic mass is 79.9. The molecule has 106 valence electrons. The molecular weight excluding hydrogens is 330 g/mol. The Morgan fingerprint density at radius 1 is 1.19 bits per heavy atom. The molecule has 0 spiro atoms. The van der Waals surface area contributed by atoms with Crippen LogP contribution in [0.1, 0.15) is 17.0 Å². The summed E-state index contributed by atoms with van der Waals surface area (Å²) in [5.74, 6) is 1.15. The number of rotatable bonds is 3. The molecule has 2 aromatic carbocycles. The molecule has 0 aliphatic carbocycles. The normalized spacial score (nSPS) is 10.8. The van der Waals surface area contributed by atoms with Gasteiger partial charge in [0, 0.05) is 22.1 Å². The van der Waals surface area contributed by atoms with Gasteiger partial charge in [-0.25, -0.2) is 0 Å². The summed E-state index contributed by atoms with van der Waals surface area (Å²) in [7, 11) is 0. The molecule has 0 saturated heterocycles. The number of halogens is 1. The minimum absolute atomic E-state index is 0.502. The SMILES string of the molecule is Cc1ccc(N)cc1-c1nc(Cc2ccccc2Br)no1. The molecule has 2 N–H and O–H groups in total. The fraction of sp³-hybridized carbons (Fsp3) is 0.125. The van der Waals surface area contributed by atoms with Crippen molar-refractivity contribution in [2.75, 3.05) is 5.73 Å². The second-order valence-corrected chi connectivity index (χ2v) is 5.71. The van der Waals surface area contributed by atoms with Gasteiger partial charge in [-0.3, -0.25) is 0 Å². The van der Waals surface area contributed by atoms with E-state index >= 15 is 0 Å². The van der Waals surface area contributed by atoms with E-state index in [2.05, 4.69) is 26.1 Å². The zero-order chi connectivity index (χ0) is 14.8. The third-order valence-electron chi connectivity index (χ3n) is 3.27. The third kappa shape index (κ3) is 2.97. The molecule has 0 bridgehead atoms. The van der Waals surface area contributed by atoms with Gasteiger partial charge in [0.05, 0.1) is 0 Å². The van der Waals surface area contributed by atoms with E-state index in [0.717, 1.165) is 21.2 Å². The smallest absolute Gasteiger partial charge is 0.258 e. The van der Waals surface area contributed by atoms with Crippen molar-refractivity contribution in [3.63, 3.8) is 0 Å². The zero-order valence-corrected chi connectivity index (χ0v) is 13.1. The lowest BCUT2D eigenvalue weighted by molar-refractivity contribution is 0.423. The van der Waals surface area contributed by atoms with Crippen LogP contribution in [-0.4, -0.2) is 10.1 Å². The van der Waals surface area contributed by atoms with Gasteiger partial charge in [-0.15, -0.1) is 0 Å². The Labute approximate surface area is 131 Å². The van der Waals surface area contributed by atoms with Crippen LogP contribution in [-0.2, 0) is 6.42 Å². The number of hydrogen-bond acceptors (Lipinski definition) is 4. The summed E-state index contributed by atoms with van der Waals surface area (Å²) >= 11 is 3.52. The molecule has 0 amide bonds. The van der Waals surface area contributed by atoms with Crippen LogP contribution in [0, 0.1) is 6.92 Å². The molecule has 5 heteroatoms. The average Bonchev–Trinajstić information content (AvgIpc) is 2.92. The quantitative estimate of drug-likeness (QED) is 0.730. The predicted octanol–water partition coefficient (Wildman–Crippen LogP) is 3.98. The van der Waals surface area contributed by atoms with Crippen LogP contribution in [0.15, 0.2) is 51.5 Å². The predicted molar refractivity (Wildman–Crippen MR) is 85.8 cm³/mol. The van der Waals surface area contributed by atoms with Crippen molar-refractivity contribution >= 4 is 21.6 Å². The maximum absolute atomic E-state index is 5.82. The Hall–Kier alpha value is -2.14. The van der Waals surface area contributed by atoms with Crippen LogP contribution >= 0.6 is 15.9 Å².